The molecule has 0 bridgehead atoms. The highest BCUT2D eigenvalue weighted by atomic mass is 19.1. The van der Waals surface area contributed by atoms with Crippen molar-refractivity contribution in [1.82, 2.24) is 15.5 Å². The molecule has 0 spiro atoms. The molecule has 1 heterocycles. The average Bonchev–Trinajstić information content (AvgIpc) is 2.79. The van der Waals surface area contributed by atoms with Crippen LogP contribution in [-0.2, 0) is 15.1 Å². The van der Waals surface area contributed by atoms with E-state index < -0.39 is 41.6 Å². The molecule has 27 heavy (non-hydrogen) atoms. The Hall–Kier alpha value is -2.51. The van der Waals surface area contributed by atoms with Gasteiger partial charge in [0.15, 0.2) is 0 Å². The summed E-state index contributed by atoms with van der Waals surface area (Å²) in [7, 11) is 0. The summed E-state index contributed by atoms with van der Waals surface area (Å²) in [6.45, 7) is 6.80. The Morgan fingerprint density at radius 3 is 2.52 bits per heavy atom. The van der Waals surface area contributed by atoms with E-state index >= 15 is 0 Å². The van der Waals surface area contributed by atoms with E-state index in [1.54, 1.807) is 0 Å². The van der Waals surface area contributed by atoms with E-state index in [2.05, 4.69) is 24.5 Å². The molecule has 2 N–H and O–H groups in total. The lowest BCUT2D eigenvalue weighted by atomic mass is 9.91. The second-order valence-electron chi connectivity index (χ2n) is 7.51. The minimum Gasteiger partial charge on any atom is -0.352 e. The molecule has 1 aliphatic rings. The van der Waals surface area contributed by atoms with E-state index in [1.807, 2.05) is 6.92 Å². The number of hydrogen-bond donors (Lipinski definition) is 2. The first-order chi connectivity index (χ1) is 12.5. The highest BCUT2D eigenvalue weighted by molar-refractivity contribution is 6.09. The van der Waals surface area contributed by atoms with Crippen LogP contribution in [0, 0.1) is 17.6 Å². The van der Waals surface area contributed by atoms with Gasteiger partial charge in [0.05, 0.1) is 0 Å². The lowest BCUT2D eigenvalue weighted by molar-refractivity contribution is -0.135. The van der Waals surface area contributed by atoms with Crippen molar-refractivity contribution in [3.63, 3.8) is 0 Å². The zero-order valence-electron chi connectivity index (χ0n) is 15.9. The summed E-state index contributed by atoms with van der Waals surface area (Å²) in [5.41, 5.74) is -2.05. The molecule has 1 saturated heterocycles. The van der Waals surface area contributed by atoms with Crippen LogP contribution in [0.1, 0.15) is 46.1 Å². The summed E-state index contributed by atoms with van der Waals surface area (Å²) in [4.78, 5) is 37.8. The van der Waals surface area contributed by atoms with Crippen LogP contribution in [0.3, 0.4) is 0 Å². The third-order valence-electron chi connectivity index (χ3n) is 4.63. The van der Waals surface area contributed by atoms with Gasteiger partial charge in [0, 0.05) is 11.6 Å². The molecule has 1 aliphatic heterocycles. The Balaban J connectivity index is 2.09. The maximum absolute atomic E-state index is 14.1. The molecule has 1 aromatic carbocycles. The average molecular weight is 381 g/mol. The molecule has 0 aromatic heterocycles. The number of nitrogens with zero attached hydrogens (tertiary/aromatic N) is 1. The zero-order chi connectivity index (χ0) is 20.4. The second-order valence-corrected chi connectivity index (χ2v) is 7.51. The minimum atomic E-state index is -1.77. The fourth-order valence-electron chi connectivity index (χ4n) is 3.02. The van der Waals surface area contributed by atoms with Crippen molar-refractivity contribution in [2.45, 2.75) is 52.1 Å². The molecule has 1 fully saturated rings. The molecule has 0 unspecified atom stereocenters. The predicted molar refractivity (Wildman–Crippen MR) is 95.6 cm³/mol. The van der Waals surface area contributed by atoms with E-state index in [0.29, 0.717) is 5.92 Å². The number of hydrogen-bond acceptors (Lipinski definition) is 3. The van der Waals surface area contributed by atoms with Gasteiger partial charge in [-0.1, -0.05) is 13.8 Å². The van der Waals surface area contributed by atoms with Crippen molar-refractivity contribution in [2.24, 2.45) is 5.92 Å². The van der Waals surface area contributed by atoms with E-state index in [-0.39, 0.29) is 11.6 Å². The number of halogens is 2. The van der Waals surface area contributed by atoms with Crippen molar-refractivity contribution in [1.29, 1.82) is 0 Å². The summed E-state index contributed by atoms with van der Waals surface area (Å²) in [6, 6.07) is 1.75. The Kier molecular flexibility index (Phi) is 6.18. The van der Waals surface area contributed by atoms with Gasteiger partial charge in [0.2, 0.25) is 5.91 Å². The zero-order valence-corrected chi connectivity index (χ0v) is 15.9. The van der Waals surface area contributed by atoms with Crippen molar-refractivity contribution in [2.75, 3.05) is 6.54 Å². The van der Waals surface area contributed by atoms with Crippen LogP contribution in [-0.4, -0.2) is 35.3 Å². The lowest BCUT2D eigenvalue weighted by Crippen LogP contribution is -2.45. The van der Waals surface area contributed by atoms with Crippen LogP contribution < -0.4 is 10.6 Å². The normalized spacial score (nSPS) is 20.8. The Bertz CT molecular complexity index is 754. The third kappa shape index (κ3) is 4.61. The molecule has 0 saturated carbocycles. The molecule has 8 heteroatoms. The first-order valence-corrected chi connectivity index (χ1v) is 8.93. The molecule has 0 aliphatic carbocycles. The second kappa shape index (κ2) is 8.02. The maximum atomic E-state index is 14.1. The van der Waals surface area contributed by atoms with Crippen LogP contribution in [0.2, 0.25) is 0 Å². The fourth-order valence-corrected chi connectivity index (χ4v) is 3.02. The number of nitrogens with one attached hydrogen (secondary N) is 2. The van der Waals surface area contributed by atoms with Gasteiger partial charge >= 0.3 is 6.03 Å². The monoisotopic (exact) mass is 381 g/mol. The number of rotatable bonds is 7. The molecular formula is C19H25F2N3O3. The van der Waals surface area contributed by atoms with Crippen molar-refractivity contribution in [3.05, 3.63) is 35.4 Å². The number of carbonyl (C=O) groups excluding carboxylic acids is 3. The van der Waals surface area contributed by atoms with Gasteiger partial charge in [0.1, 0.15) is 23.7 Å². The van der Waals surface area contributed by atoms with Crippen molar-refractivity contribution >= 4 is 17.8 Å². The highest BCUT2D eigenvalue weighted by Gasteiger charge is 2.50. The number of imide groups is 1. The Labute approximate surface area is 157 Å². The molecule has 1 aromatic rings. The summed E-state index contributed by atoms with van der Waals surface area (Å²) >= 11 is 0. The van der Waals surface area contributed by atoms with Gasteiger partial charge < -0.3 is 10.6 Å². The van der Waals surface area contributed by atoms with Crippen LogP contribution in [0.25, 0.3) is 0 Å². The standard InChI is InChI=1S/C19H25F2N3O3/c1-11(2)5-6-12(3)22-16(25)10-24-17(26)19(4,23-18(24)27)14-9-13(20)7-8-15(14)21/h7-9,11-12H,5-6,10H2,1-4H3,(H,22,25)(H,23,27)/t12-,19+/m0/s1. The summed E-state index contributed by atoms with van der Waals surface area (Å²) in [6.07, 6.45) is 1.71. The van der Waals surface area contributed by atoms with Crippen molar-refractivity contribution in [3.8, 4) is 0 Å². The first-order valence-electron chi connectivity index (χ1n) is 8.93. The smallest absolute Gasteiger partial charge is 0.325 e. The summed E-state index contributed by atoms with van der Waals surface area (Å²) < 4.78 is 27.6. The third-order valence-corrected chi connectivity index (χ3v) is 4.63. The molecule has 148 valence electrons. The maximum Gasteiger partial charge on any atom is 0.325 e. The molecule has 2 rings (SSSR count). The lowest BCUT2D eigenvalue weighted by Gasteiger charge is -2.23. The van der Waals surface area contributed by atoms with Gasteiger partial charge in [-0.3, -0.25) is 14.5 Å². The van der Waals surface area contributed by atoms with Crippen LogP contribution >= 0.6 is 0 Å². The topological polar surface area (TPSA) is 78.5 Å². The number of benzene rings is 1. The van der Waals surface area contributed by atoms with Crippen LogP contribution in [0.4, 0.5) is 13.6 Å². The van der Waals surface area contributed by atoms with Gasteiger partial charge in [-0.25, -0.2) is 13.6 Å². The summed E-state index contributed by atoms with van der Waals surface area (Å²) in [5, 5.41) is 5.11. The van der Waals surface area contributed by atoms with Crippen LogP contribution in [0.5, 0.6) is 0 Å². The highest BCUT2D eigenvalue weighted by Crippen LogP contribution is 2.31. The molecule has 4 amide bonds. The molecule has 0 radical (unpaired) electrons. The van der Waals surface area contributed by atoms with Gasteiger partial charge in [0.25, 0.3) is 5.91 Å². The first kappa shape index (κ1) is 20.8. The Morgan fingerprint density at radius 1 is 1.22 bits per heavy atom. The molecule has 2 atom stereocenters. The van der Waals surface area contributed by atoms with E-state index in [1.165, 1.54) is 6.92 Å². The van der Waals surface area contributed by atoms with E-state index in [0.717, 1.165) is 35.9 Å². The number of carbonyl (C=O) groups is 3. The van der Waals surface area contributed by atoms with Crippen molar-refractivity contribution < 1.29 is 23.2 Å². The Morgan fingerprint density at radius 2 is 1.89 bits per heavy atom. The minimum absolute atomic E-state index is 0.104. The van der Waals surface area contributed by atoms with E-state index in [9.17, 15) is 23.2 Å². The predicted octanol–water partition coefficient (Wildman–Crippen LogP) is 2.67. The van der Waals surface area contributed by atoms with Gasteiger partial charge in [-0.05, 0) is 50.8 Å². The molecule has 6 nitrogen and oxygen atoms in total. The van der Waals surface area contributed by atoms with E-state index in [4.69, 9.17) is 0 Å². The number of amides is 4. The SMILES string of the molecule is CC(C)CC[C@H](C)NC(=O)CN1C(=O)N[C@](C)(c2cc(F)ccc2F)C1=O. The number of urea groups is 1. The van der Waals surface area contributed by atoms with Crippen LogP contribution in [0.15, 0.2) is 18.2 Å². The largest absolute Gasteiger partial charge is 0.352 e. The van der Waals surface area contributed by atoms with Gasteiger partial charge in [-0.15, -0.1) is 0 Å². The molecular weight excluding hydrogens is 356 g/mol. The quantitative estimate of drug-likeness (QED) is 0.713. The van der Waals surface area contributed by atoms with Gasteiger partial charge in [-0.2, -0.15) is 0 Å². The fraction of sp³-hybridized carbons (Fsp3) is 0.526. The summed E-state index contributed by atoms with van der Waals surface area (Å²) in [5.74, 6) is -2.34.